The van der Waals surface area contributed by atoms with E-state index in [1.54, 1.807) is 0 Å². The molecule has 7 nitrogen and oxygen atoms in total. The molecule has 0 spiro atoms. The van der Waals surface area contributed by atoms with Gasteiger partial charge in [0.1, 0.15) is 0 Å². The molecule has 2 aliphatic heterocycles. The van der Waals surface area contributed by atoms with Gasteiger partial charge < -0.3 is 9.80 Å². The van der Waals surface area contributed by atoms with Crippen LogP contribution < -0.4 is 0 Å². The van der Waals surface area contributed by atoms with Gasteiger partial charge in [0.2, 0.25) is 21.8 Å². The van der Waals surface area contributed by atoms with Crippen LogP contribution in [0.3, 0.4) is 0 Å². The van der Waals surface area contributed by atoms with E-state index in [0.717, 1.165) is 12.8 Å². The molecule has 1 saturated carbocycles. The summed E-state index contributed by atoms with van der Waals surface area (Å²) in [5.74, 6) is 0.731. The lowest BCUT2D eigenvalue weighted by Gasteiger charge is -2.39. The molecule has 2 heterocycles. The van der Waals surface area contributed by atoms with Gasteiger partial charge in [-0.25, -0.2) is 12.7 Å². The molecule has 0 aromatic heterocycles. The molecule has 3 rings (SSSR count). The van der Waals surface area contributed by atoms with Crippen molar-refractivity contribution in [2.75, 3.05) is 45.0 Å². The van der Waals surface area contributed by atoms with Gasteiger partial charge >= 0.3 is 0 Å². The van der Waals surface area contributed by atoms with Crippen LogP contribution in [0.1, 0.15) is 58.3 Å². The normalized spacial score (nSPS) is 25.2. The average Bonchev–Trinajstić information content (AvgIpc) is 3.20. The smallest absolute Gasteiger partial charge is 0.227 e. The second-order valence-electron chi connectivity index (χ2n) is 8.57. The number of nitrogens with zero attached hydrogens (tertiary/aromatic N) is 3. The SMILES string of the molecule is CCCS(=O)(=O)N1CCCC(C(=O)N2CCN(C(=O)CC3CCCC3)CC2)C1. The molecule has 3 fully saturated rings. The fourth-order valence-corrected chi connectivity index (χ4v) is 6.40. The van der Waals surface area contributed by atoms with Crippen molar-refractivity contribution in [1.82, 2.24) is 14.1 Å². The summed E-state index contributed by atoms with van der Waals surface area (Å²) < 4.78 is 26.2. The zero-order chi connectivity index (χ0) is 20.1. The molecule has 1 unspecified atom stereocenters. The Labute approximate surface area is 169 Å². The monoisotopic (exact) mass is 413 g/mol. The van der Waals surface area contributed by atoms with Crippen LogP contribution in [0.4, 0.5) is 0 Å². The van der Waals surface area contributed by atoms with Crippen LogP contribution in [0.15, 0.2) is 0 Å². The maximum absolute atomic E-state index is 12.9. The summed E-state index contributed by atoms with van der Waals surface area (Å²) in [6.07, 6.45) is 7.55. The molecular weight excluding hydrogens is 378 g/mol. The van der Waals surface area contributed by atoms with Crippen molar-refractivity contribution in [1.29, 1.82) is 0 Å². The van der Waals surface area contributed by atoms with Gasteiger partial charge in [0.05, 0.1) is 11.7 Å². The second kappa shape index (κ2) is 9.57. The van der Waals surface area contributed by atoms with Crippen molar-refractivity contribution in [2.24, 2.45) is 11.8 Å². The Kier molecular flexibility index (Phi) is 7.36. The first kappa shape index (κ1) is 21.6. The van der Waals surface area contributed by atoms with E-state index in [4.69, 9.17) is 0 Å². The number of piperazine rings is 1. The molecule has 0 N–H and O–H groups in total. The molecule has 0 aromatic rings. The molecule has 8 heteroatoms. The fourth-order valence-electron chi connectivity index (χ4n) is 4.81. The number of rotatable bonds is 6. The summed E-state index contributed by atoms with van der Waals surface area (Å²) in [7, 11) is -3.25. The minimum absolute atomic E-state index is 0.0549. The largest absolute Gasteiger partial charge is 0.339 e. The Morgan fingerprint density at radius 2 is 1.54 bits per heavy atom. The van der Waals surface area contributed by atoms with Gasteiger partial charge in [-0.15, -0.1) is 0 Å². The van der Waals surface area contributed by atoms with Crippen LogP contribution in [0.5, 0.6) is 0 Å². The summed E-state index contributed by atoms with van der Waals surface area (Å²) in [6.45, 7) is 5.01. The summed E-state index contributed by atoms with van der Waals surface area (Å²) in [6, 6.07) is 0. The Hall–Kier alpha value is -1.15. The van der Waals surface area contributed by atoms with Gasteiger partial charge in [0.25, 0.3) is 0 Å². The highest BCUT2D eigenvalue weighted by Gasteiger charge is 2.35. The van der Waals surface area contributed by atoms with Crippen molar-refractivity contribution < 1.29 is 18.0 Å². The molecule has 0 bridgehead atoms. The average molecular weight is 414 g/mol. The lowest BCUT2D eigenvalue weighted by molar-refractivity contribution is -0.143. The molecule has 0 aromatic carbocycles. The van der Waals surface area contributed by atoms with Gasteiger partial charge in [-0.2, -0.15) is 0 Å². The fraction of sp³-hybridized carbons (Fsp3) is 0.900. The summed E-state index contributed by atoms with van der Waals surface area (Å²) in [5, 5.41) is 0. The molecule has 1 atom stereocenters. The first-order valence-electron chi connectivity index (χ1n) is 10.9. The number of hydrogen-bond donors (Lipinski definition) is 0. The van der Waals surface area contributed by atoms with Gasteiger partial charge in [-0.3, -0.25) is 9.59 Å². The predicted octanol–water partition coefficient (Wildman–Crippen LogP) is 1.69. The van der Waals surface area contributed by atoms with Crippen molar-refractivity contribution in [3.63, 3.8) is 0 Å². The molecule has 28 heavy (non-hydrogen) atoms. The van der Waals surface area contributed by atoms with Gasteiger partial charge in [-0.05, 0) is 38.0 Å². The Balaban J connectivity index is 1.48. The van der Waals surface area contributed by atoms with Crippen molar-refractivity contribution in [2.45, 2.75) is 58.3 Å². The Morgan fingerprint density at radius 3 is 2.18 bits per heavy atom. The zero-order valence-electron chi connectivity index (χ0n) is 17.1. The topological polar surface area (TPSA) is 78.0 Å². The number of carbonyl (C=O) groups excluding carboxylic acids is 2. The van der Waals surface area contributed by atoms with E-state index >= 15 is 0 Å². The van der Waals surface area contributed by atoms with E-state index in [0.29, 0.717) is 58.0 Å². The van der Waals surface area contributed by atoms with Crippen LogP contribution in [-0.4, -0.2) is 79.4 Å². The zero-order valence-corrected chi connectivity index (χ0v) is 18.0. The number of carbonyl (C=O) groups is 2. The van der Waals surface area contributed by atoms with Gasteiger partial charge in [0, 0.05) is 45.7 Å². The molecule has 0 radical (unpaired) electrons. The summed E-state index contributed by atoms with van der Waals surface area (Å²) in [4.78, 5) is 29.2. The van der Waals surface area contributed by atoms with E-state index < -0.39 is 10.0 Å². The number of sulfonamides is 1. The Morgan fingerprint density at radius 1 is 0.893 bits per heavy atom. The first-order valence-corrected chi connectivity index (χ1v) is 12.6. The molecule has 2 amide bonds. The minimum atomic E-state index is -3.25. The maximum Gasteiger partial charge on any atom is 0.227 e. The van der Waals surface area contributed by atoms with E-state index in [-0.39, 0.29) is 23.5 Å². The lowest BCUT2D eigenvalue weighted by Crippen LogP contribution is -2.54. The van der Waals surface area contributed by atoms with Crippen LogP contribution in [0, 0.1) is 11.8 Å². The Bertz CT molecular complexity index is 652. The van der Waals surface area contributed by atoms with Crippen LogP contribution in [-0.2, 0) is 19.6 Å². The van der Waals surface area contributed by atoms with E-state index in [9.17, 15) is 18.0 Å². The number of piperidine rings is 1. The van der Waals surface area contributed by atoms with Crippen molar-refractivity contribution in [3.05, 3.63) is 0 Å². The van der Waals surface area contributed by atoms with E-state index in [1.165, 1.54) is 30.0 Å². The quantitative estimate of drug-likeness (QED) is 0.664. The van der Waals surface area contributed by atoms with Gasteiger partial charge in [0.15, 0.2) is 0 Å². The molecule has 3 aliphatic rings. The third-order valence-corrected chi connectivity index (χ3v) is 8.51. The minimum Gasteiger partial charge on any atom is -0.339 e. The van der Waals surface area contributed by atoms with Crippen molar-refractivity contribution >= 4 is 21.8 Å². The second-order valence-corrected chi connectivity index (χ2v) is 10.7. The van der Waals surface area contributed by atoms with Gasteiger partial charge in [-0.1, -0.05) is 19.8 Å². The molecule has 2 saturated heterocycles. The predicted molar refractivity (Wildman–Crippen MR) is 108 cm³/mol. The summed E-state index contributed by atoms with van der Waals surface area (Å²) in [5.41, 5.74) is 0. The first-order chi connectivity index (χ1) is 13.4. The third-order valence-electron chi connectivity index (χ3n) is 6.47. The highest BCUT2D eigenvalue weighted by atomic mass is 32.2. The van der Waals surface area contributed by atoms with Crippen molar-refractivity contribution in [3.8, 4) is 0 Å². The lowest BCUT2D eigenvalue weighted by atomic mass is 9.97. The molecule has 160 valence electrons. The molecular formula is C20H35N3O4S. The van der Waals surface area contributed by atoms with E-state index in [2.05, 4.69) is 0 Å². The third kappa shape index (κ3) is 5.26. The number of hydrogen-bond acceptors (Lipinski definition) is 4. The highest BCUT2D eigenvalue weighted by molar-refractivity contribution is 7.89. The number of amides is 2. The van der Waals surface area contributed by atoms with E-state index in [1.807, 2.05) is 16.7 Å². The van der Waals surface area contributed by atoms with Crippen LogP contribution in [0.25, 0.3) is 0 Å². The summed E-state index contributed by atoms with van der Waals surface area (Å²) >= 11 is 0. The van der Waals surface area contributed by atoms with Crippen LogP contribution in [0.2, 0.25) is 0 Å². The molecule has 1 aliphatic carbocycles. The van der Waals surface area contributed by atoms with Crippen LogP contribution >= 0.6 is 0 Å². The maximum atomic E-state index is 12.9. The highest BCUT2D eigenvalue weighted by Crippen LogP contribution is 2.28. The standard InChI is InChI=1S/C20H35N3O4S/c1-2-14-28(26,27)23-9-5-8-18(16-23)20(25)22-12-10-21(11-13-22)19(24)15-17-6-3-4-7-17/h17-18H,2-16H2,1H3.